The van der Waals surface area contributed by atoms with Crippen LogP contribution in [-0.4, -0.2) is 6.04 Å². The molecule has 0 aliphatic heterocycles. The normalized spacial score (nSPS) is 13.8. The van der Waals surface area contributed by atoms with Crippen LogP contribution in [0, 0.1) is 5.82 Å². The molecule has 0 saturated heterocycles. The van der Waals surface area contributed by atoms with Crippen molar-refractivity contribution in [1.82, 2.24) is 0 Å². The second-order valence-electron chi connectivity index (χ2n) is 4.53. The number of benzene rings is 2. The van der Waals surface area contributed by atoms with E-state index in [4.69, 9.17) is 33.7 Å². The molecule has 2 aromatic rings. The van der Waals surface area contributed by atoms with E-state index >= 15 is 0 Å². The second-order valence-corrected chi connectivity index (χ2v) is 5.37. The van der Waals surface area contributed by atoms with Crippen LogP contribution in [0.4, 0.5) is 4.39 Å². The van der Waals surface area contributed by atoms with Crippen LogP contribution in [0.25, 0.3) is 0 Å². The van der Waals surface area contributed by atoms with Gasteiger partial charge in [0.2, 0.25) is 0 Å². The summed E-state index contributed by atoms with van der Waals surface area (Å²) in [6, 6.07) is 10.8. The van der Waals surface area contributed by atoms with Crippen LogP contribution in [0.3, 0.4) is 0 Å². The Morgan fingerprint density at radius 2 is 1.90 bits per heavy atom. The molecule has 0 amide bonds. The van der Waals surface area contributed by atoms with Crippen molar-refractivity contribution in [3.8, 4) is 5.75 Å². The van der Waals surface area contributed by atoms with Crippen LogP contribution in [0.15, 0.2) is 42.5 Å². The summed E-state index contributed by atoms with van der Waals surface area (Å²) in [6.07, 6.45) is -0.496. The number of rotatable bonds is 4. The molecule has 0 aromatic heterocycles. The maximum Gasteiger partial charge on any atom is 0.139 e. The van der Waals surface area contributed by atoms with Gasteiger partial charge in [0.05, 0.1) is 5.02 Å². The van der Waals surface area contributed by atoms with E-state index < -0.39 is 6.10 Å². The smallest absolute Gasteiger partial charge is 0.139 e. The van der Waals surface area contributed by atoms with E-state index in [2.05, 4.69) is 0 Å². The van der Waals surface area contributed by atoms with Gasteiger partial charge in [-0.25, -0.2) is 4.39 Å². The molecule has 2 atom stereocenters. The molecule has 106 valence electrons. The van der Waals surface area contributed by atoms with Crippen molar-refractivity contribution in [3.63, 3.8) is 0 Å². The number of nitrogens with two attached hydrogens (primary N) is 1. The molecular weight excluding hydrogens is 300 g/mol. The van der Waals surface area contributed by atoms with E-state index in [-0.39, 0.29) is 11.9 Å². The van der Waals surface area contributed by atoms with Gasteiger partial charge in [0, 0.05) is 11.1 Å². The van der Waals surface area contributed by atoms with Crippen molar-refractivity contribution in [1.29, 1.82) is 0 Å². The highest BCUT2D eigenvalue weighted by atomic mass is 35.5. The summed E-state index contributed by atoms with van der Waals surface area (Å²) in [5.41, 5.74) is 6.59. The van der Waals surface area contributed by atoms with Gasteiger partial charge >= 0.3 is 0 Å². The van der Waals surface area contributed by atoms with E-state index in [1.807, 2.05) is 0 Å². The minimum absolute atomic E-state index is 0.330. The lowest BCUT2D eigenvalue weighted by Gasteiger charge is -2.23. The Morgan fingerprint density at radius 1 is 1.15 bits per heavy atom. The molecule has 2 rings (SSSR count). The zero-order valence-corrected chi connectivity index (χ0v) is 12.3. The van der Waals surface area contributed by atoms with Gasteiger partial charge in [-0.1, -0.05) is 35.3 Å². The van der Waals surface area contributed by atoms with Crippen LogP contribution in [0.1, 0.15) is 18.6 Å². The topological polar surface area (TPSA) is 35.2 Å². The molecule has 0 spiro atoms. The van der Waals surface area contributed by atoms with E-state index in [9.17, 15) is 4.39 Å². The van der Waals surface area contributed by atoms with Crippen LogP contribution in [-0.2, 0) is 0 Å². The zero-order chi connectivity index (χ0) is 14.7. The van der Waals surface area contributed by atoms with E-state index in [0.29, 0.717) is 21.4 Å². The maximum absolute atomic E-state index is 13.3. The molecule has 0 radical (unpaired) electrons. The third-order valence-electron chi connectivity index (χ3n) is 2.80. The maximum atomic E-state index is 13.3. The van der Waals surface area contributed by atoms with Gasteiger partial charge in [-0.3, -0.25) is 0 Å². The monoisotopic (exact) mass is 313 g/mol. The molecule has 0 fully saturated rings. The molecule has 2 N–H and O–H groups in total. The number of hydrogen-bond acceptors (Lipinski definition) is 2. The molecule has 0 aliphatic rings. The quantitative estimate of drug-likeness (QED) is 0.895. The molecule has 0 bridgehead atoms. The fraction of sp³-hybridized carbons (Fsp3) is 0.200. The van der Waals surface area contributed by atoms with Crippen molar-refractivity contribution >= 4 is 23.2 Å². The average molecular weight is 314 g/mol. The average Bonchev–Trinajstić information content (AvgIpc) is 2.37. The first-order valence-electron chi connectivity index (χ1n) is 6.10. The highest BCUT2D eigenvalue weighted by Gasteiger charge is 2.20. The van der Waals surface area contributed by atoms with Gasteiger partial charge < -0.3 is 10.5 Å². The van der Waals surface area contributed by atoms with Gasteiger partial charge in [0.15, 0.2) is 0 Å². The van der Waals surface area contributed by atoms with Crippen LogP contribution < -0.4 is 10.5 Å². The summed E-state index contributed by atoms with van der Waals surface area (Å²) < 4.78 is 19.1. The molecule has 2 unspecified atom stereocenters. The molecule has 0 heterocycles. The van der Waals surface area contributed by atoms with E-state index in [1.165, 1.54) is 12.1 Å². The van der Waals surface area contributed by atoms with Crippen molar-refractivity contribution in [2.24, 2.45) is 5.73 Å². The fourth-order valence-corrected chi connectivity index (χ4v) is 2.32. The highest BCUT2D eigenvalue weighted by molar-refractivity contribution is 6.35. The van der Waals surface area contributed by atoms with Crippen LogP contribution in [0.2, 0.25) is 10.0 Å². The minimum atomic E-state index is -0.496. The van der Waals surface area contributed by atoms with Crippen molar-refractivity contribution in [3.05, 3.63) is 63.9 Å². The minimum Gasteiger partial charge on any atom is -0.483 e. The molecule has 5 heteroatoms. The Kier molecular flexibility index (Phi) is 4.86. The molecule has 2 aromatic carbocycles. The molecule has 2 nitrogen and oxygen atoms in total. The summed E-state index contributed by atoms with van der Waals surface area (Å²) in [5.74, 6) is 0.126. The number of halogens is 3. The van der Waals surface area contributed by atoms with Gasteiger partial charge in [0.25, 0.3) is 0 Å². The molecule has 20 heavy (non-hydrogen) atoms. The van der Waals surface area contributed by atoms with Gasteiger partial charge in [-0.2, -0.15) is 0 Å². The van der Waals surface area contributed by atoms with Gasteiger partial charge in [-0.15, -0.1) is 0 Å². The zero-order valence-electron chi connectivity index (χ0n) is 10.8. The number of hydrogen-bond donors (Lipinski definition) is 1. The molecular formula is C15H14Cl2FNO. The van der Waals surface area contributed by atoms with Crippen molar-refractivity contribution in [2.45, 2.75) is 19.1 Å². The number of ether oxygens (including phenoxy) is 1. The highest BCUT2D eigenvalue weighted by Crippen LogP contribution is 2.32. The second kappa shape index (κ2) is 6.44. The SMILES string of the molecule is CC(N)C(Oc1ccc(Cl)cc1Cl)c1cccc(F)c1. The summed E-state index contributed by atoms with van der Waals surface area (Å²) >= 11 is 11.9. The summed E-state index contributed by atoms with van der Waals surface area (Å²) in [4.78, 5) is 0. The summed E-state index contributed by atoms with van der Waals surface area (Å²) in [7, 11) is 0. The Morgan fingerprint density at radius 3 is 2.50 bits per heavy atom. The van der Waals surface area contributed by atoms with Crippen LogP contribution >= 0.6 is 23.2 Å². The predicted molar refractivity (Wildman–Crippen MR) is 79.9 cm³/mol. The van der Waals surface area contributed by atoms with Gasteiger partial charge in [0.1, 0.15) is 17.7 Å². The van der Waals surface area contributed by atoms with Gasteiger partial charge in [-0.05, 0) is 42.8 Å². The van der Waals surface area contributed by atoms with Crippen molar-refractivity contribution in [2.75, 3.05) is 0 Å². The van der Waals surface area contributed by atoms with E-state index in [1.54, 1.807) is 37.3 Å². The Labute approximate surface area is 127 Å². The standard InChI is InChI=1S/C15H14Cl2FNO/c1-9(19)15(10-3-2-4-12(18)7-10)20-14-6-5-11(16)8-13(14)17/h2-9,15H,19H2,1H3. The Balaban J connectivity index is 2.30. The third-order valence-corrected chi connectivity index (χ3v) is 3.33. The van der Waals surface area contributed by atoms with Crippen LogP contribution in [0.5, 0.6) is 5.75 Å². The largest absolute Gasteiger partial charge is 0.483 e. The lowest BCUT2D eigenvalue weighted by molar-refractivity contribution is 0.180. The van der Waals surface area contributed by atoms with Crippen molar-refractivity contribution < 1.29 is 9.13 Å². The lowest BCUT2D eigenvalue weighted by atomic mass is 10.0. The first-order valence-corrected chi connectivity index (χ1v) is 6.85. The Hall–Kier alpha value is -1.29. The summed E-state index contributed by atoms with van der Waals surface area (Å²) in [6.45, 7) is 1.79. The molecule has 0 saturated carbocycles. The predicted octanol–water partition coefficient (Wildman–Crippen LogP) is 4.60. The summed E-state index contributed by atoms with van der Waals surface area (Å²) in [5, 5.41) is 0.907. The third kappa shape index (κ3) is 3.63. The Bertz CT molecular complexity index is 604. The fourth-order valence-electron chi connectivity index (χ4n) is 1.87. The first kappa shape index (κ1) is 15.1. The first-order chi connectivity index (χ1) is 9.47. The lowest BCUT2D eigenvalue weighted by Crippen LogP contribution is -2.29. The van der Waals surface area contributed by atoms with E-state index in [0.717, 1.165) is 0 Å². The molecule has 0 aliphatic carbocycles.